The van der Waals surface area contributed by atoms with Gasteiger partial charge in [-0.2, -0.15) is 0 Å². The molecule has 2 rings (SSSR count). The highest BCUT2D eigenvalue weighted by Gasteiger charge is 2.33. The van der Waals surface area contributed by atoms with Gasteiger partial charge in [-0.25, -0.2) is 4.39 Å². The van der Waals surface area contributed by atoms with Crippen LogP contribution in [0.1, 0.15) is 11.7 Å². The number of aliphatic hydroxyl groups is 1. The third-order valence-corrected chi connectivity index (χ3v) is 3.70. The van der Waals surface area contributed by atoms with Gasteiger partial charge < -0.3 is 19.3 Å². The van der Waals surface area contributed by atoms with Crippen molar-refractivity contribution in [1.82, 2.24) is 4.90 Å². The quantitative estimate of drug-likeness (QED) is 0.820. The molecule has 1 aromatic rings. The van der Waals surface area contributed by atoms with E-state index in [1.54, 1.807) is 20.3 Å². The van der Waals surface area contributed by atoms with Crippen molar-refractivity contribution in [3.63, 3.8) is 0 Å². The van der Waals surface area contributed by atoms with Gasteiger partial charge in [-0.3, -0.25) is 4.90 Å². The number of rotatable bonds is 7. The standard InChI is InChI=1S/C15H22FNO4/c1-19-7-5-17(6-8-20-2)13-10-21-14-4-3-11(16)9-12(14)15(13)18/h3-4,9,13,15,18H,5-8,10H2,1-2H3. The van der Waals surface area contributed by atoms with Crippen LogP contribution in [0.3, 0.4) is 0 Å². The number of hydrogen-bond acceptors (Lipinski definition) is 5. The fourth-order valence-corrected chi connectivity index (χ4v) is 2.52. The molecular weight excluding hydrogens is 277 g/mol. The fourth-order valence-electron chi connectivity index (χ4n) is 2.52. The maximum atomic E-state index is 13.4. The Morgan fingerprint density at radius 2 is 1.95 bits per heavy atom. The van der Waals surface area contributed by atoms with Crippen LogP contribution in [0.5, 0.6) is 5.75 Å². The highest BCUT2D eigenvalue weighted by Crippen LogP contribution is 2.34. The first-order valence-electron chi connectivity index (χ1n) is 6.99. The van der Waals surface area contributed by atoms with Crippen LogP contribution in [-0.4, -0.2) is 63.2 Å². The van der Waals surface area contributed by atoms with Crippen molar-refractivity contribution in [1.29, 1.82) is 0 Å². The van der Waals surface area contributed by atoms with Crippen molar-refractivity contribution in [2.75, 3.05) is 47.1 Å². The van der Waals surface area contributed by atoms with Crippen molar-refractivity contribution in [3.8, 4) is 5.75 Å². The van der Waals surface area contributed by atoms with E-state index in [0.29, 0.717) is 44.2 Å². The molecule has 0 radical (unpaired) electrons. The lowest BCUT2D eigenvalue weighted by Crippen LogP contribution is -2.48. The van der Waals surface area contributed by atoms with E-state index in [4.69, 9.17) is 14.2 Å². The van der Waals surface area contributed by atoms with Crippen molar-refractivity contribution in [2.45, 2.75) is 12.1 Å². The molecule has 0 aliphatic carbocycles. The summed E-state index contributed by atoms with van der Waals surface area (Å²) in [5.41, 5.74) is 0.492. The Hall–Kier alpha value is -1.21. The minimum absolute atomic E-state index is 0.246. The van der Waals surface area contributed by atoms with E-state index >= 15 is 0 Å². The maximum Gasteiger partial charge on any atom is 0.125 e. The second kappa shape index (κ2) is 7.70. The van der Waals surface area contributed by atoms with Gasteiger partial charge in [-0.05, 0) is 18.2 Å². The molecule has 6 heteroatoms. The zero-order valence-corrected chi connectivity index (χ0v) is 12.4. The third kappa shape index (κ3) is 3.91. The van der Waals surface area contributed by atoms with Crippen LogP contribution in [0, 0.1) is 5.82 Å². The van der Waals surface area contributed by atoms with Crippen LogP contribution in [-0.2, 0) is 9.47 Å². The number of benzene rings is 1. The van der Waals surface area contributed by atoms with Gasteiger partial charge in [0.25, 0.3) is 0 Å². The summed E-state index contributed by atoms with van der Waals surface area (Å²) in [4.78, 5) is 2.05. The van der Waals surface area contributed by atoms with Crippen LogP contribution in [0.2, 0.25) is 0 Å². The highest BCUT2D eigenvalue weighted by atomic mass is 19.1. The Morgan fingerprint density at radius 1 is 1.29 bits per heavy atom. The van der Waals surface area contributed by atoms with E-state index in [2.05, 4.69) is 0 Å². The van der Waals surface area contributed by atoms with Crippen LogP contribution >= 0.6 is 0 Å². The predicted molar refractivity (Wildman–Crippen MR) is 76.0 cm³/mol. The van der Waals surface area contributed by atoms with Gasteiger partial charge in [0.05, 0.1) is 19.3 Å². The molecule has 0 amide bonds. The number of methoxy groups -OCH3 is 2. The zero-order chi connectivity index (χ0) is 15.2. The maximum absolute atomic E-state index is 13.4. The van der Waals surface area contributed by atoms with E-state index in [-0.39, 0.29) is 11.9 Å². The van der Waals surface area contributed by atoms with Gasteiger partial charge in [0, 0.05) is 32.9 Å². The monoisotopic (exact) mass is 299 g/mol. The molecule has 5 nitrogen and oxygen atoms in total. The molecule has 2 atom stereocenters. The third-order valence-electron chi connectivity index (χ3n) is 3.70. The number of halogens is 1. The summed E-state index contributed by atoms with van der Waals surface area (Å²) in [5.74, 6) is 0.163. The van der Waals surface area contributed by atoms with Crippen molar-refractivity contribution in [2.24, 2.45) is 0 Å². The van der Waals surface area contributed by atoms with E-state index in [0.717, 1.165) is 0 Å². The number of nitrogens with zero attached hydrogens (tertiary/aromatic N) is 1. The van der Waals surface area contributed by atoms with E-state index in [9.17, 15) is 9.50 Å². The molecule has 1 heterocycles. The summed E-state index contributed by atoms with van der Waals surface area (Å²) in [5, 5.41) is 10.5. The minimum atomic E-state index is -0.793. The van der Waals surface area contributed by atoms with Gasteiger partial charge in [0.15, 0.2) is 0 Å². The normalized spacial score (nSPS) is 21.2. The van der Waals surface area contributed by atoms with Crippen LogP contribution in [0.15, 0.2) is 18.2 Å². The predicted octanol–water partition coefficient (Wildman–Crippen LogP) is 1.21. The second-order valence-electron chi connectivity index (χ2n) is 5.03. The largest absolute Gasteiger partial charge is 0.491 e. The number of hydrogen-bond donors (Lipinski definition) is 1. The molecule has 1 N–H and O–H groups in total. The van der Waals surface area contributed by atoms with Gasteiger partial charge in [-0.15, -0.1) is 0 Å². The molecule has 1 aliphatic rings. The average Bonchev–Trinajstić information content (AvgIpc) is 2.49. The molecule has 0 saturated heterocycles. The lowest BCUT2D eigenvalue weighted by Gasteiger charge is -2.38. The van der Waals surface area contributed by atoms with Gasteiger partial charge in [-0.1, -0.05) is 0 Å². The zero-order valence-electron chi connectivity index (χ0n) is 12.4. The van der Waals surface area contributed by atoms with E-state index in [1.165, 1.54) is 12.1 Å². The van der Waals surface area contributed by atoms with Crippen molar-refractivity contribution >= 4 is 0 Å². The fraction of sp³-hybridized carbons (Fsp3) is 0.600. The number of aliphatic hydroxyl groups excluding tert-OH is 1. The van der Waals surface area contributed by atoms with Gasteiger partial charge in [0.1, 0.15) is 24.3 Å². The molecule has 0 fully saturated rings. The molecule has 1 aliphatic heterocycles. The summed E-state index contributed by atoms with van der Waals surface area (Å²) in [6.07, 6.45) is -0.793. The molecule has 2 unspecified atom stereocenters. The first-order valence-corrected chi connectivity index (χ1v) is 6.99. The summed E-state index contributed by atoms with van der Waals surface area (Å²) in [6, 6.07) is 3.97. The average molecular weight is 299 g/mol. The molecule has 118 valence electrons. The highest BCUT2D eigenvalue weighted by molar-refractivity contribution is 5.38. The summed E-state index contributed by atoms with van der Waals surface area (Å²) in [7, 11) is 3.26. The van der Waals surface area contributed by atoms with E-state index < -0.39 is 6.10 Å². The lowest BCUT2D eigenvalue weighted by molar-refractivity contribution is -0.0147. The number of fused-ring (bicyclic) bond motifs is 1. The minimum Gasteiger partial charge on any atom is -0.491 e. The molecule has 0 aromatic heterocycles. The molecule has 21 heavy (non-hydrogen) atoms. The number of ether oxygens (including phenoxy) is 3. The molecule has 0 saturated carbocycles. The molecular formula is C15H22FNO4. The Labute approximate surface area is 124 Å². The van der Waals surface area contributed by atoms with E-state index in [1.807, 2.05) is 4.90 Å². The van der Waals surface area contributed by atoms with Crippen LogP contribution < -0.4 is 4.74 Å². The van der Waals surface area contributed by atoms with Crippen LogP contribution in [0.25, 0.3) is 0 Å². The Bertz CT molecular complexity index is 449. The first-order chi connectivity index (χ1) is 10.2. The van der Waals surface area contributed by atoms with Crippen molar-refractivity contribution in [3.05, 3.63) is 29.6 Å². The SMILES string of the molecule is COCCN(CCOC)C1COc2ccc(F)cc2C1O. The summed E-state index contributed by atoms with van der Waals surface area (Å²) >= 11 is 0. The molecule has 0 bridgehead atoms. The van der Waals surface area contributed by atoms with Gasteiger partial charge >= 0.3 is 0 Å². The Kier molecular flexibility index (Phi) is 5.93. The molecule has 1 aromatic carbocycles. The van der Waals surface area contributed by atoms with Gasteiger partial charge in [0.2, 0.25) is 0 Å². The van der Waals surface area contributed by atoms with Crippen LogP contribution in [0.4, 0.5) is 4.39 Å². The molecule has 0 spiro atoms. The van der Waals surface area contributed by atoms with Crippen molar-refractivity contribution < 1.29 is 23.7 Å². The summed E-state index contributed by atoms with van der Waals surface area (Å²) in [6.45, 7) is 2.74. The summed E-state index contributed by atoms with van der Waals surface area (Å²) < 4.78 is 29.2. The second-order valence-corrected chi connectivity index (χ2v) is 5.03. The first kappa shape index (κ1) is 16.2. The topological polar surface area (TPSA) is 51.2 Å². The lowest BCUT2D eigenvalue weighted by atomic mass is 9.97. The smallest absolute Gasteiger partial charge is 0.125 e. The Balaban J connectivity index is 2.14. The Morgan fingerprint density at radius 3 is 2.57 bits per heavy atom.